The topological polar surface area (TPSA) is 99.5 Å². The Morgan fingerprint density at radius 1 is 1.25 bits per heavy atom. The number of rotatable bonds is 5. The van der Waals surface area contributed by atoms with Gasteiger partial charge in [-0.15, -0.1) is 0 Å². The Morgan fingerprint density at radius 3 is 2.70 bits per heavy atom. The van der Waals surface area contributed by atoms with Gasteiger partial charge in [0.25, 0.3) is 11.4 Å². The third-order valence-corrected chi connectivity index (χ3v) is 2.65. The summed E-state index contributed by atoms with van der Waals surface area (Å²) >= 11 is 0. The van der Waals surface area contributed by atoms with Gasteiger partial charge in [0.1, 0.15) is 0 Å². The van der Waals surface area contributed by atoms with Gasteiger partial charge in [-0.1, -0.05) is 6.07 Å². The maximum atomic E-state index is 11.6. The molecule has 0 bridgehead atoms. The number of H-pyrrole nitrogens is 1. The van der Waals surface area contributed by atoms with Crippen LogP contribution >= 0.6 is 0 Å². The van der Waals surface area contributed by atoms with E-state index in [4.69, 9.17) is 19.9 Å². The van der Waals surface area contributed by atoms with Crippen molar-refractivity contribution in [2.45, 2.75) is 6.54 Å². The van der Waals surface area contributed by atoms with Crippen LogP contribution in [0.15, 0.2) is 29.3 Å². The number of methoxy groups -OCH3 is 2. The van der Waals surface area contributed by atoms with Gasteiger partial charge < -0.3 is 24.9 Å². The largest absolute Gasteiger partial charge is 0.493 e. The lowest BCUT2D eigenvalue weighted by Gasteiger charge is -2.12. The van der Waals surface area contributed by atoms with Crippen LogP contribution in [0.1, 0.15) is 5.56 Å². The first kappa shape index (κ1) is 13.9. The van der Waals surface area contributed by atoms with Gasteiger partial charge in [0.05, 0.1) is 20.5 Å². The van der Waals surface area contributed by atoms with E-state index in [-0.39, 0.29) is 11.6 Å². The van der Waals surface area contributed by atoms with Crippen LogP contribution in [0.4, 0.5) is 0 Å². The third kappa shape index (κ3) is 2.72. The minimum Gasteiger partial charge on any atom is -0.493 e. The zero-order valence-electron chi connectivity index (χ0n) is 11.2. The van der Waals surface area contributed by atoms with Crippen LogP contribution in [-0.4, -0.2) is 24.2 Å². The maximum absolute atomic E-state index is 11.6. The van der Waals surface area contributed by atoms with Crippen molar-refractivity contribution in [3.63, 3.8) is 0 Å². The molecule has 3 N–H and O–H groups in total. The standard InChI is InChI=1S/C13H15N3O4/c1-18-10-5-8(6-14)3-4-9(10)20-13-11(19-2)12(17)15-7-16-13/h3-5,7H,6,14H2,1-2H3,(H,15,16,17). The van der Waals surface area contributed by atoms with Gasteiger partial charge in [-0.2, -0.15) is 0 Å². The molecule has 0 spiro atoms. The molecule has 106 valence electrons. The van der Waals surface area contributed by atoms with Gasteiger partial charge in [-0.3, -0.25) is 4.79 Å². The van der Waals surface area contributed by atoms with Crippen LogP contribution in [0.25, 0.3) is 0 Å². The maximum Gasteiger partial charge on any atom is 0.297 e. The summed E-state index contributed by atoms with van der Waals surface area (Å²) in [4.78, 5) is 17.9. The molecule has 0 radical (unpaired) electrons. The van der Waals surface area contributed by atoms with E-state index in [0.29, 0.717) is 18.0 Å². The summed E-state index contributed by atoms with van der Waals surface area (Å²) < 4.78 is 15.8. The molecule has 20 heavy (non-hydrogen) atoms. The van der Waals surface area contributed by atoms with Crippen molar-refractivity contribution in [3.05, 3.63) is 40.4 Å². The van der Waals surface area contributed by atoms with Gasteiger partial charge in [0, 0.05) is 6.54 Å². The second kappa shape index (κ2) is 6.07. The molecular formula is C13H15N3O4. The van der Waals surface area contributed by atoms with Gasteiger partial charge in [0.2, 0.25) is 5.75 Å². The fraction of sp³-hybridized carbons (Fsp3) is 0.231. The number of benzene rings is 1. The number of nitrogens with zero attached hydrogens (tertiary/aromatic N) is 1. The van der Waals surface area contributed by atoms with E-state index in [9.17, 15) is 4.79 Å². The third-order valence-electron chi connectivity index (χ3n) is 2.65. The molecule has 0 aliphatic heterocycles. The quantitative estimate of drug-likeness (QED) is 0.847. The minimum atomic E-state index is -0.421. The van der Waals surface area contributed by atoms with Crippen LogP contribution in [0.2, 0.25) is 0 Å². The van der Waals surface area contributed by atoms with Crippen molar-refractivity contribution in [3.8, 4) is 23.1 Å². The Labute approximate surface area is 115 Å². The number of hydrogen-bond acceptors (Lipinski definition) is 6. The van der Waals surface area contributed by atoms with Crippen molar-refractivity contribution in [2.75, 3.05) is 14.2 Å². The van der Waals surface area contributed by atoms with Gasteiger partial charge in [0.15, 0.2) is 11.5 Å². The minimum absolute atomic E-state index is 0.00236. The summed E-state index contributed by atoms with van der Waals surface area (Å²) in [6.45, 7) is 0.392. The molecular weight excluding hydrogens is 262 g/mol. The molecule has 2 aromatic rings. The highest BCUT2D eigenvalue weighted by Gasteiger charge is 2.14. The highest BCUT2D eigenvalue weighted by Crippen LogP contribution is 2.33. The average Bonchev–Trinajstić information content (AvgIpc) is 2.48. The van der Waals surface area contributed by atoms with E-state index in [0.717, 1.165) is 5.56 Å². The lowest BCUT2D eigenvalue weighted by Crippen LogP contribution is -2.11. The van der Waals surface area contributed by atoms with Crippen molar-refractivity contribution in [2.24, 2.45) is 5.73 Å². The van der Waals surface area contributed by atoms with Gasteiger partial charge in [-0.25, -0.2) is 4.98 Å². The molecule has 1 heterocycles. The van der Waals surface area contributed by atoms with E-state index in [2.05, 4.69) is 9.97 Å². The van der Waals surface area contributed by atoms with Crippen LogP contribution in [0, 0.1) is 0 Å². The number of ether oxygens (including phenoxy) is 3. The second-order valence-corrected chi connectivity index (χ2v) is 3.86. The van der Waals surface area contributed by atoms with E-state index in [1.54, 1.807) is 18.2 Å². The first-order chi connectivity index (χ1) is 9.69. The van der Waals surface area contributed by atoms with Crippen LogP contribution in [-0.2, 0) is 6.54 Å². The van der Waals surface area contributed by atoms with Crippen LogP contribution in [0.3, 0.4) is 0 Å². The van der Waals surface area contributed by atoms with Crippen molar-refractivity contribution >= 4 is 0 Å². The molecule has 7 nitrogen and oxygen atoms in total. The van der Waals surface area contributed by atoms with E-state index >= 15 is 0 Å². The highest BCUT2D eigenvalue weighted by atomic mass is 16.5. The van der Waals surface area contributed by atoms with Crippen molar-refractivity contribution in [1.82, 2.24) is 9.97 Å². The first-order valence-electron chi connectivity index (χ1n) is 5.86. The Morgan fingerprint density at radius 2 is 2.05 bits per heavy atom. The van der Waals surface area contributed by atoms with Crippen molar-refractivity contribution in [1.29, 1.82) is 0 Å². The second-order valence-electron chi connectivity index (χ2n) is 3.86. The molecule has 0 aliphatic rings. The number of aromatic amines is 1. The summed E-state index contributed by atoms with van der Waals surface area (Å²) in [6, 6.07) is 5.26. The fourth-order valence-corrected chi connectivity index (χ4v) is 1.65. The van der Waals surface area contributed by atoms with E-state index in [1.165, 1.54) is 20.5 Å². The molecule has 0 fully saturated rings. The molecule has 0 saturated carbocycles. The lowest BCUT2D eigenvalue weighted by atomic mass is 10.2. The zero-order valence-corrected chi connectivity index (χ0v) is 11.2. The number of aromatic nitrogens is 2. The highest BCUT2D eigenvalue weighted by molar-refractivity contribution is 5.46. The summed E-state index contributed by atoms with van der Waals surface area (Å²) in [5, 5.41) is 0. The molecule has 0 aliphatic carbocycles. The number of nitrogens with one attached hydrogen (secondary N) is 1. The molecule has 2 rings (SSSR count). The molecule has 0 unspecified atom stereocenters. The Hall–Kier alpha value is -2.54. The first-order valence-corrected chi connectivity index (χ1v) is 5.86. The lowest BCUT2D eigenvalue weighted by molar-refractivity contribution is 0.344. The summed E-state index contributed by atoms with van der Waals surface area (Å²) in [6.07, 6.45) is 1.24. The van der Waals surface area contributed by atoms with Gasteiger partial charge in [-0.05, 0) is 17.7 Å². The van der Waals surface area contributed by atoms with Crippen LogP contribution < -0.4 is 25.5 Å². The zero-order chi connectivity index (χ0) is 14.5. The summed E-state index contributed by atoms with van der Waals surface area (Å²) in [7, 11) is 2.89. The number of hydrogen-bond donors (Lipinski definition) is 2. The summed E-state index contributed by atoms with van der Waals surface area (Å²) in [5.74, 6) is 0.977. The normalized spacial score (nSPS) is 10.2. The van der Waals surface area contributed by atoms with Crippen LogP contribution in [0.5, 0.6) is 23.1 Å². The molecule has 1 aromatic heterocycles. The van der Waals surface area contributed by atoms with E-state index in [1.807, 2.05) is 0 Å². The smallest absolute Gasteiger partial charge is 0.297 e. The summed E-state index contributed by atoms with van der Waals surface area (Å²) in [5.41, 5.74) is 6.05. The monoisotopic (exact) mass is 277 g/mol. The fourth-order valence-electron chi connectivity index (χ4n) is 1.65. The predicted octanol–water partition coefficient (Wildman–Crippen LogP) is 1.04. The molecule has 7 heteroatoms. The molecule has 0 saturated heterocycles. The predicted molar refractivity (Wildman–Crippen MR) is 72.4 cm³/mol. The molecule has 0 atom stereocenters. The Balaban J connectivity index is 2.40. The average molecular weight is 277 g/mol. The molecule has 1 aromatic carbocycles. The van der Waals surface area contributed by atoms with E-state index < -0.39 is 5.56 Å². The van der Waals surface area contributed by atoms with Gasteiger partial charge >= 0.3 is 0 Å². The SMILES string of the molecule is COc1cc(CN)ccc1Oc1nc[nH]c(=O)c1OC. The molecule has 0 amide bonds. The Bertz CT molecular complexity index is 654. The number of nitrogens with two attached hydrogens (primary N) is 1. The Kier molecular flexibility index (Phi) is 4.21. The van der Waals surface area contributed by atoms with Crippen molar-refractivity contribution < 1.29 is 14.2 Å².